The largest absolute Gasteiger partial charge is 0.370 e. The number of hydrogen-bond donors (Lipinski definition) is 2. The number of benzene rings is 2. The summed E-state index contributed by atoms with van der Waals surface area (Å²) in [6, 6.07) is 15.7. The zero-order chi connectivity index (χ0) is 16.4. The lowest BCUT2D eigenvalue weighted by Gasteiger charge is -2.10. The zero-order valence-corrected chi connectivity index (χ0v) is 13.1. The molecule has 3 aromatic rings. The lowest BCUT2D eigenvalue weighted by molar-refractivity contribution is 1.35. The summed E-state index contributed by atoms with van der Waals surface area (Å²) in [4.78, 5) is 8.49. The predicted molar refractivity (Wildman–Crippen MR) is 97.0 cm³/mol. The van der Waals surface area contributed by atoms with Crippen LogP contribution in [0.2, 0.25) is 5.02 Å². The fraction of sp³-hybridized carbons (Fsp3) is 0. The van der Waals surface area contributed by atoms with Crippen molar-refractivity contribution in [1.29, 1.82) is 0 Å². The van der Waals surface area contributed by atoms with Crippen molar-refractivity contribution in [3.05, 3.63) is 71.9 Å². The molecule has 0 radical (unpaired) electrons. The predicted octanol–water partition coefficient (Wildman–Crippen LogP) is 3.80. The van der Waals surface area contributed by atoms with Gasteiger partial charge < -0.3 is 11.5 Å². The van der Waals surface area contributed by atoms with Crippen molar-refractivity contribution in [2.24, 2.45) is 16.5 Å². The highest BCUT2D eigenvalue weighted by molar-refractivity contribution is 6.35. The number of nitrogens with zero attached hydrogens (tertiary/aromatic N) is 2. The number of aromatic nitrogens is 1. The van der Waals surface area contributed by atoms with Gasteiger partial charge in [-0.3, -0.25) is 4.98 Å². The molecule has 114 valence electrons. The number of pyridine rings is 1. The van der Waals surface area contributed by atoms with E-state index in [2.05, 4.69) is 16.6 Å². The Balaban J connectivity index is 2.24. The molecule has 3 rings (SSSR count). The van der Waals surface area contributed by atoms with Crippen LogP contribution in [0.1, 0.15) is 5.56 Å². The standard InChI is InChI=1S/C18H15ClN4/c1-11(23-18(20)21)13-7-8-14-15(9-13)17(22-10-16(14)19)12-5-3-2-4-6-12/h2-10H,1H2,(H4,20,21,23). The normalized spacial score (nSPS) is 10.5. The van der Waals surface area contributed by atoms with Crippen LogP contribution < -0.4 is 11.5 Å². The Morgan fingerprint density at radius 1 is 1.04 bits per heavy atom. The van der Waals surface area contributed by atoms with E-state index in [-0.39, 0.29) is 5.96 Å². The van der Waals surface area contributed by atoms with Crippen molar-refractivity contribution in [3.8, 4) is 11.3 Å². The fourth-order valence-electron chi connectivity index (χ4n) is 2.43. The quantitative estimate of drug-likeness (QED) is 0.568. The highest BCUT2D eigenvalue weighted by Crippen LogP contribution is 2.33. The van der Waals surface area contributed by atoms with Gasteiger partial charge in [-0.05, 0) is 6.07 Å². The summed E-state index contributed by atoms with van der Waals surface area (Å²) >= 11 is 6.28. The van der Waals surface area contributed by atoms with Gasteiger partial charge in [0.25, 0.3) is 0 Å². The summed E-state index contributed by atoms with van der Waals surface area (Å²) in [5.41, 5.74) is 14.0. The van der Waals surface area contributed by atoms with Gasteiger partial charge in [0.15, 0.2) is 5.96 Å². The minimum absolute atomic E-state index is 0.0254. The molecule has 0 aliphatic rings. The minimum Gasteiger partial charge on any atom is -0.370 e. The molecule has 0 amide bonds. The molecule has 0 bridgehead atoms. The molecule has 5 heteroatoms. The molecule has 0 saturated heterocycles. The molecule has 0 unspecified atom stereocenters. The van der Waals surface area contributed by atoms with Gasteiger partial charge in [-0.1, -0.05) is 60.6 Å². The molecule has 2 aromatic carbocycles. The van der Waals surface area contributed by atoms with Gasteiger partial charge in [0.1, 0.15) is 0 Å². The first-order valence-corrected chi connectivity index (χ1v) is 7.36. The van der Waals surface area contributed by atoms with Crippen LogP contribution in [0.5, 0.6) is 0 Å². The van der Waals surface area contributed by atoms with Gasteiger partial charge in [-0.2, -0.15) is 0 Å². The van der Waals surface area contributed by atoms with Gasteiger partial charge in [0.05, 0.1) is 16.4 Å². The Kier molecular flexibility index (Phi) is 4.00. The van der Waals surface area contributed by atoms with Crippen molar-refractivity contribution in [3.63, 3.8) is 0 Å². The molecule has 0 fully saturated rings. The van der Waals surface area contributed by atoms with Crippen LogP contribution in [0.3, 0.4) is 0 Å². The molecular weight excluding hydrogens is 308 g/mol. The summed E-state index contributed by atoms with van der Waals surface area (Å²) in [7, 11) is 0. The minimum atomic E-state index is -0.0254. The second-order valence-electron chi connectivity index (χ2n) is 5.06. The van der Waals surface area contributed by atoms with E-state index in [1.54, 1.807) is 6.20 Å². The van der Waals surface area contributed by atoms with Gasteiger partial charge in [0.2, 0.25) is 0 Å². The lowest BCUT2D eigenvalue weighted by atomic mass is 10.0. The first kappa shape index (κ1) is 15.1. The highest BCUT2D eigenvalue weighted by Gasteiger charge is 2.10. The van der Waals surface area contributed by atoms with Crippen LogP contribution in [0, 0.1) is 0 Å². The van der Waals surface area contributed by atoms with Crippen LogP contribution in [0.25, 0.3) is 27.7 Å². The Hall–Kier alpha value is -2.85. The Labute approximate surface area is 139 Å². The third-order valence-corrected chi connectivity index (χ3v) is 3.78. The molecule has 0 spiro atoms. The third kappa shape index (κ3) is 3.03. The lowest BCUT2D eigenvalue weighted by Crippen LogP contribution is -2.22. The maximum Gasteiger partial charge on any atom is 0.191 e. The summed E-state index contributed by atoms with van der Waals surface area (Å²) < 4.78 is 0. The average molecular weight is 323 g/mol. The monoisotopic (exact) mass is 322 g/mol. The summed E-state index contributed by atoms with van der Waals surface area (Å²) in [5, 5.41) is 2.44. The fourth-order valence-corrected chi connectivity index (χ4v) is 2.65. The topological polar surface area (TPSA) is 77.3 Å². The summed E-state index contributed by atoms with van der Waals surface area (Å²) in [6.45, 7) is 3.90. The van der Waals surface area contributed by atoms with E-state index in [0.717, 1.165) is 27.6 Å². The van der Waals surface area contributed by atoms with Crippen LogP contribution in [0.4, 0.5) is 0 Å². The number of fused-ring (bicyclic) bond motifs is 1. The smallest absolute Gasteiger partial charge is 0.191 e. The number of halogens is 1. The van der Waals surface area contributed by atoms with Crippen molar-refractivity contribution in [1.82, 2.24) is 4.98 Å². The Bertz CT molecular complexity index is 913. The number of aliphatic imine (C=N–C) groups is 1. The van der Waals surface area contributed by atoms with E-state index in [1.165, 1.54) is 0 Å². The highest BCUT2D eigenvalue weighted by atomic mass is 35.5. The summed E-state index contributed by atoms with van der Waals surface area (Å²) in [6.07, 6.45) is 1.66. The third-order valence-electron chi connectivity index (χ3n) is 3.48. The SMILES string of the molecule is C=C(N=C(N)N)c1ccc2c(Cl)cnc(-c3ccccc3)c2c1. The first-order chi connectivity index (χ1) is 11.1. The molecule has 0 aliphatic carbocycles. The van der Waals surface area contributed by atoms with E-state index in [0.29, 0.717) is 10.7 Å². The van der Waals surface area contributed by atoms with Gasteiger partial charge in [0, 0.05) is 28.1 Å². The molecule has 0 atom stereocenters. The van der Waals surface area contributed by atoms with Gasteiger partial charge >= 0.3 is 0 Å². The maximum atomic E-state index is 6.28. The maximum absolute atomic E-state index is 6.28. The van der Waals surface area contributed by atoms with E-state index >= 15 is 0 Å². The summed E-state index contributed by atoms with van der Waals surface area (Å²) in [5.74, 6) is -0.0254. The van der Waals surface area contributed by atoms with Crippen molar-refractivity contribution < 1.29 is 0 Å². The van der Waals surface area contributed by atoms with Gasteiger partial charge in [-0.25, -0.2) is 4.99 Å². The first-order valence-electron chi connectivity index (χ1n) is 6.99. The molecule has 1 aromatic heterocycles. The van der Waals surface area contributed by atoms with Crippen LogP contribution >= 0.6 is 11.6 Å². The van der Waals surface area contributed by atoms with Crippen LogP contribution in [0.15, 0.2) is 66.3 Å². The number of guanidine groups is 1. The van der Waals surface area contributed by atoms with E-state index in [1.807, 2.05) is 48.5 Å². The van der Waals surface area contributed by atoms with Crippen molar-refractivity contribution in [2.45, 2.75) is 0 Å². The van der Waals surface area contributed by atoms with E-state index in [4.69, 9.17) is 23.1 Å². The number of rotatable bonds is 3. The van der Waals surface area contributed by atoms with E-state index < -0.39 is 0 Å². The molecule has 4 N–H and O–H groups in total. The molecule has 0 saturated carbocycles. The Morgan fingerprint density at radius 3 is 2.48 bits per heavy atom. The molecule has 1 heterocycles. The zero-order valence-electron chi connectivity index (χ0n) is 12.3. The van der Waals surface area contributed by atoms with Crippen LogP contribution in [-0.4, -0.2) is 10.9 Å². The van der Waals surface area contributed by atoms with Crippen LogP contribution in [-0.2, 0) is 0 Å². The van der Waals surface area contributed by atoms with E-state index in [9.17, 15) is 0 Å². The molecule has 0 aliphatic heterocycles. The van der Waals surface area contributed by atoms with Crippen molar-refractivity contribution in [2.75, 3.05) is 0 Å². The van der Waals surface area contributed by atoms with Crippen molar-refractivity contribution >= 4 is 34.0 Å². The average Bonchev–Trinajstić information content (AvgIpc) is 2.55. The van der Waals surface area contributed by atoms with Gasteiger partial charge in [-0.15, -0.1) is 0 Å². The molecule has 23 heavy (non-hydrogen) atoms. The second kappa shape index (κ2) is 6.10. The molecular formula is C18H15ClN4. The number of nitrogens with two attached hydrogens (primary N) is 2. The second-order valence-corrected chi connectivity index (χ2v) is 5.47. The number of hydrogen-bond acceptors (Lipinski definition) is 2. The molecule has 4 nitrogen and oxygen atoms in total. The Morgan fingerprint density at radius 2 is 1.78 bits per heavy atom.